The third-order valence-corrected chi connectivity index (χ3v) is 3.73. The molecular formula is C11H17N3. The van der Waals surface area contributed by atoms with E-state index >= 15 is 0 Å². The van der Waals surface area contributed by atoms with Gasteiger partial charge in [0.25, 0.3) is 0 Å². The van der Waals surface area contributed by atoms with E-state index in [0.717, 1.165) is 13.0 Å². The fourth-order valence-electron chi connectivity index (χ4n) is 3.00. The minimum Gasteiger partial charge on any atom is -0.370 e. The highest BCUT2D eigenvalue weighted by atomic mass is 15.2. The average molecular weight is 191 g/mol. The maximum atomic E-state index is 6.09. The number of hydrogen-bond acceptors (Lipinski definition) is 3. The third-order valence-electron chi connectivity index (χ3n) is 3.73. The predicted molar refractivity (Wildman–Crippen MR) is 56.3 cm³/mol. The van der Waals surface area contributed by atoms with Gasteiger partial charge in [0.15, 0.2) is 0 Å². The molecule has 0 bridgehead atoms. The lowest BCUT2D eigenvalue weighted by Crippen LogP contribution is -2.42. The summed E-state index contributed by atoms with van der Waals surface area (Å²) in [5.41, 5.74) is 7.52. The van der Waals surface area contributed by atoms with Crippen LogP contribution in [0.15, 0.2) is 23.5 Å². The number of nitrogens with two attached hydrogens (primary N) is 1. The van der Waals surface area contributed by atoms with Crippen molar-refractivity contribution in [3.05, 3.63) is 23.5 Å². The van der Waals surface area contributed by atoms with E-state index < -0.39 is 0 Å². The van der Waals surface area contributed by atoms with Gasteiger partial charge < -0.3 is 16.4 Å². The monoisotopic (exact) mass is 191 g/mol. The molecule has 3 heteroatoms. The zero-order valence-corrected chi connectivity index (χ0v) is 8.46. The first-order valence-electron chi connectivity index (χ1n) is 5.44. The molecule has 76 valence electrons. The third kappa shape index (κ3) is 0.960. The second-order valence-corrected chi connectivity index (χ2v) is 4.62. The molecule has 0 aromatic heterocycles. The van der Waals surface area contributed by atoms with Gasteiger partial charge in [-0.15, -0.1) is 0 Å². The highest BCUT2D eigenvalue weighted by Gasteiger charge is 2.42. The predicted octanol–water partition coefficient (Wildman–Crippen LogP) is 0.313. The lowest BCUT2D eigenvalue weighted by atomic mass is 9.79. The molecule has 14 heavy (non-hydrogen) atoms. The summed E-state index contributed by atoms with van der Waals surface area (Å²) < 4.78 is 0. The van der Waals surface area contributed by atoms with Crippen LogP contribution in [0.1, 0.15) is 13.3 Å². The average Bonchev–Trinajstić information content (AvgIpc) is 2.68. The van der Waals surface area contributed by atoms with E-state index in [2.05, 4.69) is 29.7 Å². The zero-order valence-electron chi connectivity index (χ0n) is 8.46. The molecule has 0 saturated carbocycles. The number of rotatable bonds is 0. The molecule has 0 saturated heterocycles. The minimum atomic E-state index is 0.228. The van der Waals surface area contributed by atoms with Crippen molar-refractivity contribution in [2.24, 2.45) is 17.6 Å². The smallest absolute Gasteiger partial charge is 0.100 e. The van der Waals surface area contributed by atoms with Crippen LogP contribution in [-0.2, 0) is 0 Å². The number of nitrogens with one attached hydrogen (secondary N) is 2. The van der Waals surface area contributed by atoms with Gasteiger partial charge in [-0.2, -0.15) is 0 Å². The molecule has 0 radical (unpaired) electrons. The van der Waals surface area contributed by atoms with E-state index in [1.807, 2.05) is 0 Å². The van der Waals surface area contributed by atoms with Crippen LogP contribution >= 0.6 is 0 Å². The normalized spacial score (nSPS) is 44.4. The molecule has 3 rings (SSSR count). The Hall–Kier alpha value is -0.960. The largest absolute Gasteiger partial charge is 0.370 e. The fraction of sp³-hybridized carbons (Fsp3) is 0.636. The molecular weight excluding hydrogens is 174 g/mol. The second-order valence-electron chi connectivity index (χ2n) is 4.62. The Bertz CT molecular complexity index is 318. The second kappa shape index (κ2) is 2.76. The molecule has 3 aliphatic rings. The van der Waals surface area contributed by atoms with E-state index in [1.165, 1.54) is 11.4 Å². The standard InChI is InChI=1S/C11H17N3/c1-6-3-2-4-7-9-8(12)5-13-11(9)14-10(6)7/h2-3,6-8,10,13-14H,4-5,12H2,1H3. The van der Waals surface area contributed by atoms with Crippen molar-refractivity contribution in [1.29, 1.82) is 0 Å². The topological polar surface area (TPSA) is 50.1 Å². The van der Waals surface area contributed by atoms with Gasteiger partial charge in [0, 0.05) is 24.5 Å². The van der Waals surface area contributed by atoms with Gasteiger partial charge in [0.1, 0.15) is 5.82 Å². The Morgan fingerprint density at radius 3 is 3.21 bits per heavy atom. The molecule has 0 amide bonds. The van der Waals surface area contributed by atoms with Crippen LogP contribution in [0.4, 0.5) is 0 Å². The Balaban J connectivity index is 1.93. The summed E-state index contributed by atoms with van der Waals surface area (Å²) in [7, 11) is 0. The molecule has 2 aliphatic heterocycles. The van der Waals surface area contributed by atoms with Crippen LogP contribution < -0.4 is 16.4 Å². The lowest BCUT2D eigenvalue weighted by Gasteiger charge is -2.31. The molecule has 0 aromatic rings. The van der Waals surface area contributed by atoms with Gasteiger partial charge in [-0.25, -0.2) is 0 Å². The maximum Gasteiger partial charge on any atom is 0.100 e. The van der Waals surface area contributed by atoms with E-state index in [0.29, 0.717) is 17.9 Å². The van der Waals surface area contributed by atoms with Crippen LogP contribution in [0, 0.1) is 11.8 Å². The minimum absolute atomic E-state index is 0.228. The highest BCUT2D eigenvalue weighted by Crippen LogP contribution is 2.38. The van der Waals surface area contributed by atoms with Gasteiger partial charge in [0.2, 0.25) is 0 Å². The zero-order chi connectivity index (χ0) is 9.71. The Morgan fingerprint density at radius 1 is 1.50 bits per heavy atom. The molecule has 4 atom stereocenters. The van der Waals surface area contributed by atoms with Gasteiger partial charge in [-0.3, -0.25) is 0 Å². The molecule has 0 aromatic carbocycles. The van der Waals surface area contributed by atoms with Crippen molar-refractivity contribution < 1.29 is 0 Å². The Kier molecular flexibility index (Phi) is 1.65. The van der Waals surface area contributed by atoms with Crippen LogP contribution in [-0.4, -0.2) is 18.6 Å². The summed E-state index contributed by atoms with van der Waals surface area (Å²) in [5, 5.41) is 6.93. The van der Waals surface area contributed by atoms with E-state index in [-0.39, 0.29) is 6.04 Å². The summed E-state index contributed by atoms with van der Waals surface area (Å²) in [5.74, 6) is 2.48. The van der Waals surface area contributed by atoms with Crippen molar-refractivity contribution in [3.63, 3.8) is 0 Å². The SMILES string of the molecule is CC1C=CCC2C3=C(NCC3N)NC12. The number of hydrogen-bond donors (Lipinski definition) is 3. The number of fused-ring (bicyclic) bond motifs is 2. The van der Waals surface area contributed by atoms with Gasteiger partial charge in [0.05, 0.1) is 0 Å². The molecule has 1 aliphatic carbocycles. The van der Waals surface area contributed by atoms with Gasteiger partial charge in [-0.05, 0) is 17.9 Å². The van der Waals surface area contributed by atoms with Crippen molar-refractivity contribution >= 4 is 0 Å². The summed E-state index contributed by atoms with van der Waals surface area (Å²) in [4.78, 5) is 0. The van der Waals surface area contributed by atoms with E-state index in [9.17, 15) is 0 Å². The van der Waals surface area contributed by atoms with Crippen molar-refractivity contribution in [2.45, 2.75) is 25.4 Å². The van der Waals surface area contributed by atoms with Crippen molar-refractivity contribution in [3.8, 4) is 0 Å². The summed E-state index contributed by atoms with van der Waals surface area (Å²) in [6, 6.07) is 0.801. The van der Waals surface area contributed by atoms with E-state index in [4.69, 9.17) is 5.73 Å². The fourth-order valence-corrected chi connectivity index (χ4v) is 3.00. The van der Waals surface area contributed by atoms with Crippen LogP contribution in [0.2, 0.25) is 0 Å². The quantitative estimate of drug-likeness (QED) is 0.483. The van der Waals surface area contributed by atoms with Gasteiger partial charge >= 0.3 is 0 Å². The van der Waals surface area contributed by atoms with Crippen LogP contribution in [0.3, 0.4) is 0 Å². The first kappa shape index (κ1) is 8.36. The summed E-state index contributed by atoms with van der Waals surface area (Å²) in [6.07, 6.45) is 5.76. The van der Waals surface area contributed by atoms with Gasteiger partial charge in [-0.1, -0.05) is 19.1 Å². The maximum absolute atomic E-state index is 6.09. The number of allylic oxidation sites excluding steroid dienone is 1. The highest BCUT2D eigenvalue weighted by molar-refractivity contribution is 5.35. The van der Waals surface area contributed by atoms with Crippen LogP contribution in [0.5, 0.6) is 0 Å². The molecule has 4 N–H and O–H groups in total. The first-order chi connectivity index (χ1) is 6.77. The lowest BCUT2D eigenvalue weighted by molar-refractivity contribution is 0.357. The molecule has 2 heterocycles. The molecule has 0 spiro atoms. The molecule has 0 fully saturated rings. The Labute approximate surface area is 84.4 Å². The summed E-state index contributed by atoms with van der Waals surface area (Å²) >= 11 is 0. The van der Waals surface area contributed by atoms with Crippen LogP contribution in [0.25, 0.3) is 0 Å². The molecule has 4 unspecified atom stereocenters. The van der Waals surface area contributed by atoms with Crippen molar-refractivity contribution in [1.82, 2.24) is 10.6 Å². The first-order valence-corrected chi connectivity index (χ1v) is 5.44. The van der Waals surface area contributed by atoms with Crippen molar-refractivity contribution in [2.75, 3.05) is 6.54 Å². The molecule has 3 nitrogen and oxygen atoms in total. The summed E-state index contributed by atoms with van der Waals surface area (Å²) in [6.45, 7) is 3.17. The van der Waals surface area contributed by atoms with E-state index in [1.54, 1.807) is 0 Å². The Morgan fingerprint density at radius 2 is 2.36 bits per heavy atom.